The Labute approximate surface area is 126 Å². The molecule has 1 aromatic rings. The van der Waals surface area contributed by atoms with Crippen molar-refractivity contribution < 1.29 is 9.53 Å². The maximum absolute atomic E-state index is 12.0. The number of ether oxygens (including phenoxy) is 1. The predicted molar refractivity (Wildman–Crippen MR) is 84.6 cm³/mol. The van der Waals surface area contributed by atoms with Crippen molar-refractivity contribution in [3.05, 3.63) is 29.8 Å². The smallest absolute Gasteiger partial charge is 0.319 e. The van der Waals surface area contributed by atoms with Gasteiger partial charge in [0.15, 0.2) is 0 Å². The minimum atomic E-state index is -0.159. The number of carbonyl (C=O) groups excluding carboxylic acids is 1. The fraction of sp³-hybridized carbons (Fsp3) is 0.562. The maximum atomic E-state index is 12.0. The van der Waals surface area contributed by atoms with Crippen LogP contribution in [0.3, 0.4) is 0 Å². The Balaban J connectivity index is 1.85. The molecule has 2 rings (SSSR count). The predicted octanol–water partition coefficient (Wildman–Crippen LogP) is 2.13. The molecule has 0 bridgehead atoms. The van der Waals surface area contributed by atoms with Gasteiger partial charge in [0.1, 0.15) is 0 Å². The van der Waals surface area contributed by atoms with Crippen molar-refractivity contribution >= 4 is 11.7 Å². The molecule has 0 unspecified atom stereocenters. The fourth-order valence-corrected chi connectivity index (χ4v) is 2.72. The second kappa shape index (κ2) is 7.43. The van der Waals surface area contributed by atoms with E-state index in [1.165, 1.54) is 5.56 Å². The van der Waals surface area contributed by atoms with Gasteiger partial charge in [-0.2, -0.15) is 0 Å². The van der Waals surface area contributed by atoms with Crippen molar-refractivity contribution in [2.75, 3.05) is 38.7 Å². The minimum Gasteiger partial charge on any atom is -0.384 e. The molecule has 1 aromatic carbocycles. The van der Waals surface area contributed by atoms with Crippen molar-refractivity contribution in [3.8, 4) is 0 Å². The molecule has 116 valence electrons. The summed E-state index contributed by atoms with van der Waals surface area (Å²) in [5, 5.41) is 9.19. The standard InChI is InChI=1S/C16H25N3O2/c1-13-3-5-14(6-4-13)19-15(20)18-11-16(12-21-2)7-9-17-10-8-16/h3-6,17H,7-12H2,1-2H3,(H2,18,19,20). The number of aryl methyl sites for hydroxylation is 1. The van der Waals surface area contributed by atoms with Crippen LogP contribution in [0.25, 0.3) is 0 Å². The molecule has 5 heteroatoms. The average molecular weight is 291 g/mol. The zero-order chi connectivity index (χ0) is 15.1. The summed E-state index contributed by atoms with van der Waals surface area (Å²) in [6.07, 6.45) is 2.04. The lowest BCUT2D eigenvalue weighted by molar-refractivity contribution is 0.0558. The van der Waals surface area contributed by atoms with Gasteiger partial charge in [-0.3, -0.25) is 0 Å². The van der Waals surface area contributed by atoms with Gasteiger partial charge in [-0.1, -0.05) is 17.7 Å². The van der Waals surface area contributed by atoms with Crippen molar-refractivity contribution in [1.29, 1.82) is 0 Å². The van der Waals surface area contributed by atoms with E-state index in [-0.39, 0.29) is 11.4 Å². The topological polar surface area (TPSA) is 62.4 Å². The molecular formula is C16H25N3O2. The molecule has 5 nitrogen and oxygen atoms in total. The first kappa shape index (κ1) is 15.8. The molecule has 0 spiro atoms. The van der Waals surface area contributed by atoms with Gasteiger partial charge < -0.3 is 20.7 Å². The summed E-state index contributed by atoms with van der Waals surface area (Å²) >= 11 is 0. The SMILES string of the molecule is COCC1(CNC(=O)Nc2ccc(C)cc2)CCNCC1. The second-order valence-electron chi connectivity index (χ2n) is 5.86. The molecule has 1 aliphatic heterocycles. The van der Waals surface area contributed by atoms with Gasteiger partial charge in [0.2, 0.25) is 0 Å². The van der Waals surface area contributed by atoms with Gasteiger partial charge in [0.25, 0.3) is 0 Å². The van der Waals surface area contributed by atoms with Crippen LogP contribution in [0.4, 0.5) is 10.5 Å². The highest BCUT2D eigenvalue weighted by molar-refractivity contribution is 5.89. The summed E-state index contributed by atoms with van der Waals surface area (Å²) in [5.41, 5.74) is 2.03. The summed E-state index contributed by atoms with van der Waals surface area (Å²) < 4.78 is 5.35. The van der Waals surface area contributed by atoms with Crippen molar-refractivity contribution in [1.82, 2.24) is 10.6 Å². The number of nitrogens with one attached hydrogen (secondary N) is 3. The molecule has 0 radical (unpaired) electrons. The first-order valence-corrected chi connectivity index (χ1v) is 7.45. The van der Waals surface area contributed by atoms with Crippen LogP contribution < -0.4 is 16.0 Å². The number of amides is 2. The van der Waals surface area contributed by atoms with Gasteiger partial charge in [-0.15, -0.1) is 0 Å². The minimum absolute atomic E-state index is 0.0462. The van der Waals surface area contributed by atoms with E-state index in [0.29, 0.717) is 13.2 Å². The molecule has 2 amide bonds. The molecule has 21 heavy (non-hydrogen) atoms. The zero-order valence-corrected chi connectivity index (χ0v) is 12.9. The highest BCUT2D eigenvalue weighted by Gasteiger charge is 2.32. The van der Waals surface area contributed by atoms with Crippen molar-refractivity contribution in [3.63, 3.8) is 0 Å². The number of carbonyl (C=O) groups is 1. The quantitative estimate of drug-likeness (QED) is 0.779. The van der Waals surface area contributed by atoms with Gasteiger partial charge in [0.05, 0.1) is 6.61 Å². The van der Waals surface area contributed by atoms with E-state index in [1.54, 1.807) is 7.11 Å². The lowest BCUT2D eigenvalue weighted by atomic mass is 9.79. The van der Waals surface area contributed by atoms with Crippen LogP contribution in [-0.2, 0) is 4.74 Å². The van der Waals surface area contributed by atoms with Crippen LogP contribution >= 0.6 is 0 Å². The summed E-state index contributed by atoms with van der Waals surface area (Å²) in [5.74, 6) is 0. The van der Waals surface area contributed by atoms with E-state index in [9.17, 15) is 4.79 Å². The van der Waals surface area contributed by atoms with Crippen molar-refractivity contribution in [2.24, 2.45) is 5.41 Å². The molecule has 0 aromatic heterocycles. The highest BCUT2D eigenvalue weighted by atomic mass is 16.5. The molecule has 1 fully saturated rings. The number of urea groups is 1. The molecule has 0 atom stereocenters. The third-order valence-corrected chi connectivity index (χ3v) is 4.05. The zero-order valence-electron chi connectivity index (χ0n) is 12.9. The van der Waals surface area contributed by atoms with E-state index in [1.807, 2.05) is 31.2 Å². The third kappa shape index (κ3) is 4.72. The fourth-order valence-electron chi connectivity index (χ4n) is 2.72. The largest absolute Gasteiger partial charge is 0.384 e. The van der Waals surface area contributed by atoms with E-state index >= 15 is 0 Å². The number of hydrogen-bond acceptors (Lipinski definition) is 3. The lowest BCUT2D eigenvalue weighted by Crippen LogP contribution is -2.47. The Morgan fingerprint density at radius 1 is 1.29 bits per heavy atom. The van der Waals surface area contributed by atoms with Crippen LogP contribution in [0.5, 0.6) is 0 Å². The number of anilines is 1. The number of methoxy groups -OCH3 is 1. The summed E-state index contributed by atoms with van der Waals surface area (Å²) in [4.78, 5) is 12.0. The van der Waals surface area contributed by atoms with Gasteiger partial charge >= 0.3 is 6.03 Å². The normalized spacial score (nSPS) is 17.2. The maximum Gasteiger partial charge on any atom is 0.319 e. The molecule has 1 saturated heterocycles. The van der Waals surface area contributed by atoms with Crippen molar-refractivity contribution in [2.45, 2.75) is 19.8 Å². The number of rotatable bonds is 5. The molecule has 3 N–H and O–H groups in total. The first-order valence-electron chi connectivity index (χ1n) is 7.45. The Bertz CT molecular complexity index is 448. The third-order valence-electron chi connectivity index (χ3n) is 4.05. The Morgan fingerprint density at radius 2 is 1.95 bits per heavy atom. The highest BCUT2D eigenvalue weighted by Crippen LogP contribution is 2.28. The number of benzene rings is 1. The molecule has 0 aliphatic carbocycles. The number of piperidine rings is 1. The van der Waals surface area contributed by atoms with Crippen LogP contribution in [-0.4, -0.2) is 39.4 Å². The van der Waals surface area contributed by atoms with Gasteiger partial charge in [-0.05, 0) is 45.0 Å². The molecule has 0 saturated carbocycles. The Kier molecular flexibility index (Phi) is 5.59. The summed E-state index contributed by atoms with van der Waals surface area (Å²) in [6, 6.07) is 7.62. The molecule has 1 heterocycles. The Hall–Kier alpha value is -1.59. The second-order valence-corrected chi connectivity index (χ2v) is 5.86. The van der Waals surface area contributed by atoms with E-state index in [4.69, 9.17) is 4.74 Å². The average Bonchev–Trinajstić information content (AvgIpc) is 2.49. The number of hydrogen-bond donors (Lipinski definition) is 3. The van der Waals surface area contributed by atoms with E-state index in [2.05, 4.69) is 16.0 Å². The van der Waals surface area contributed by atoms with E-state index in [0.717, 1.165) is 31.6 Å². The Morgan fingerprint density at radius 3 is 2.57 bits per heavy atom. The van der Waals surface area contributed by atoms with Crippen LogP contribution in [0, 0.1) is 12.3 Å². The summed E-state index contributed by atoms with van der Waals surface area (Å²) in [7, 11) is 1.72. The lowest BCUT2D eigenvalue weighted by Gasteiger charge is -2.37. The van der Waals surface area contributed by atoms with Gasteiger partial charge in [0, 0.05) is 24.8 Å². The van der Waals surface area contributed by atoms with Crippen LogP contribution in [0.2, 0.25) is 0 Å². The summed E-state index contributed by atoms with van der Waals surface area (Å²) in [6.45, 7) is 5.30. The molecule has 1 aliphatic rings. The first-order chi connectivity index (χ1) is 10.1. The monoisotopic (exact) mass is 291 g/mol. The van der Waals surface area contributed by atoms with Crippen LogP contribution in [0.15, 0.2) is 24.3 Å². The van der Waals surface area contributed by atoms with Crippen LogP contribution in [0.1, 0.15) is 18.4 Å². The van der Waals surface area contributed by atoms with Gasteiger partial charge in [-0.25, -0.2) is 4.79 Å². The molecular weight excluding hydrogens is 266 g/mol. The van der Waals surface area contributed by atoms with E-state index < -0.39 is 0 Å².